The minimum absolute atomic E-state index is 0.268. The summed E-state index contributed by atoms with van der Waals surface area (Å²) in [6.07, 6.45) is 0.330. The average Bonchev–Trinajstić information content (AvgIpc) is 2.50. The summed E-state index contributed by atoms with van der Waals surface area (Å²) in [5, 5.41) is 5.22. The third-order valence-electron chi connectivity index (χ3n) is 1.85. The molecule has 0 aliphatic heterocycles. The number of nitrogens with zero attached hydrogens (tertiary/aromatic N) is 1. The third-order valence-corrected chi connectivity index (χ3v) is 2.48. The number of thiazole rings is 1. The van der Waals surface area contributed by atoms with Crippen LogP contribution < -0.4 is 11.1 Å². The van der Waals surface area contributed by atoms with Crippen LogP contribution in [0, 0.1) is 0 Å². The summed E-state index contributed by atoms with van der Waals surface area (Å²) in [5.41, 5.74) is 7.65. The molecule has 0 aliphatic rings. The number of primary amides is 1. The summed E-state index contributed by atoms with van der Waals surface area (Å²) >= 11 is 1.56. The van der Waals surface area contributed by atoms with Gasteiger partial charge in [-0.15, -0.1) is 11.3 Å². The van der Waals surface area contributed by atoms with Crippen molar-refractivity contribution >= 4 is 17.2 Å². The van der Waals surface area contributed by atoms with Crippen molar-refractivity contribution in [3.05, 3.63) is 16.6 Å². The SMILES string of the molecule is CC(C)(CC(N)=O)NCc1cscn1. The Morgan fingerprint density at radius 1 is 1.71 bits per heavy atom. The molecule has 0 radical (unpaired) electrons. The molecule has 0 saturated carbocycles. The molecule has 0 fully saturated rings. The van der Waals surface area contributed by atoms with Gasteiger partial charge < -0.3 is 11.1 Å². The van der Waals surface area contributed by atoms with Crippen LogP contribution in [0.15, 0.2) is 10.9 Å². The van der Waals surface area contributed by atoms with Crippen molar-refractivity contribution in [2.45, 2.75) is 32.4 Å². The Hall–Kier alpha value is -0.940. The van der Waals surface area contributed by atoms with E-state index in [2.05, 4.69) is 10.3 Å². The van der Waals surface area contributed by atoms with Crippen LogP contribution >= 0.6 is 11.3 Å². The summed E-state index contributed by atoms with van der Waals surface area (Å²) in [7, 11) is 0. The molecule has 1 heterocycles. The number of hydrogen-bond donors (Lipinski definition) is 2. The van der Waals surface area contributed by atoms with Crippen molar-refractivity contribution in [3.63, 3.8) is 0 Å². The van der Waals surface area contributed by atoms with E-state index in [0.29, 0.717) is 13.0 Å². The first-order valence-corrected chi connectivity index (χ1v) is 5.34. The van der Waals surface area contributed by atoms with Gasteiger partial charge in [-0.25, -0.2) is 4.98 Å². The van der Waals surface area contributed by atoms with Crippen LogP contribution in [0.1, 0.15) is 26.0 Å². The number of carbonyl (C=O) groups is 1. The van der Waals surface area contributed by atoms with Crippen molar-refractivity contribution in [2.75, 3.05) is 0 Å². The van der Waals surface area contributed by atoms with Gasteiger partial charge in [0.1, 0.15) is 0 Å². The van der Waals surface area contributed by atoms with E-state index in [1.165, 1.54) is 0 Å². The summed E-state index contributed by atoms with van der Waals surface area (Å²) in [4.78, 5) is 14.9. The highest BCUT2D eigenvalue weighted by Crippen LogP contribution is 2.09. The topological polar surface area (TPSA) is 68.0 Å². The largest absolute Gasteiger partial charge is 0.370 e. The van der Waals surface area contributed by atoms with E-state index in [1.807, 2.05) is 19.2 Å². The lowest BCUT2D eigenvalue weighted by molar-refractivity contribution is -0.119. The number of rotatable bonds is 5. The Labute approximate surface area is 87.5 Å². The van der Waals surface area contributed by atoms with Gasteiger partial charge in [0.15, 0.2) is 0 Å². The molecule has 0 atom stereocenters. The molecule has 5 heteroatoms. The lowest BCUT2D eigenvalue weighted by Gasteiger charge is -2.24. The van der Waals surface area contributed by atoms with Gasteiger partial charge in [0.25, 0.3) is 0 Å². The molecule has 0 unspecified atom stereocenters. The van der Waals surface area contributed by atoms with Gasteiger partial charge in [0, 0.05) is 23.9 Å². The van der Waals surface area contributed by atoms with Crippen LogP contribution in [-0.2, 0) is 11.3 Å². The second-order valence-electron chi connectivity index (χ2n) is 3.86. The van der Waals surface area contributed by atoms with Gasteiger partial charge in [0.05, 0.1) is 11.2 Å². The maximum atomic E-state index is 10.7. The minimum Gasteiger partial charge on any atom is -0.370 e. The molecule has 0 bridgehead atoms. The van der Waals surface area contributed by atoms with Gasteiger partial charge in [0.2, 0.25) is 5.91 Å². The number of aromatic nitrogens is 1. The highest BCUT2D eigenvalue weighted by Gasteiger charge is 2.19. The van der Waals surface area contributed by atoms with Crippen LogP contribution in [0.3, 0.4) is 0 Å². The van der Waals surface area contributed by atoms with Gasteiger partial charge in [-0.2, -0.15) is 0 Å². The van der Waals surface area contributed by atoms with E-state index in [-0.39, 0.29) is 11.4 Å². The Morgan fingerprint density at radius 3 is 2.93 bits per heavy atom. The Kier molecular flexibility index (Phi) is 3.60. The maximum Gasteiger partial charge on any atom is 0.219 e. The lowest BCUT2D eigenvalue weighted by Crippen LogP contribution is -2.42. The monoisotopic (exact) mass is 213 g/mol. The molecule has 4 nitrogen and oxygen atoms in total. The van der Waals surface area contributed by atoms with Crippen molar-refractivity contribution in [2.24, 2.45) is 5.73 Å². The quantitative estimate of drug-likeness (QED) is 0.763. The molecule has 0 aromatic carbocycles. The van der Waals surface area contributed by atoms with Crippen molar-refractivity contribution < 1.29 is 4.79 Å². The molecular formula is C9H15N3OS. The average molecular weight is 213 g/mol. The fraction of sp³-hybridized carbons (Fsp3) is 0.556. The first-order chi connectivity index (χ1) is 6.49. The Bertz CT molecular complexity index is 295. The zero-order valence-electron chi connectivity index (χ0n) is 8.41. The summed E-state index contributed by atoms with van der Waals surface area (Å²) in [5.74, 6) is -0.291. The second-order valence-corrected chi connectivity index (χ2v) is 4.58. The fourth-order valence-corrected chi connectivity index (χ4v) is 1.71. The second kappa shape index (κ2) is 4.52. The Morgan fingerprint density at radius 2 is 2.43 bits per heavy atom. The van der Waals surface area contributed by atoms with Crippen LogP contribution in [0.5, 0.6) is 0 Å². The number of nitrogens with one attached hydrogen (secondary N) is 1. The van der Waals surface area contributed by atoms with E-state index < -0.39 is 0 Å². The van der Waals surface area contributed by atoms with Crippen LogP contribution in [-0.4, -0.2) is 16.4 Å². The van der Waals surface area contributed by atoms with Gasteiger partial charge in [-0.3, -0.25) is 4.79 Å². The van der Waals surface area contributed by atoms with Crippen LogP contribution in [0.25, 0.3) is 0 Å². The number of carbonyl (C=O) groups excluding carboxylic acids is 1. The minimum atomic E-state index is -0.291. The molecule has 0 saturated heterocycles. The standard InChI is InChI=1S/C9H15N3OS/c1-9(2,3-8(10)13)12-4-7-5-14-6-11-7/h5-6,12H,3-4H2,1-2H3,(H2,10,13). The fourth-order valence-electron chi connectivity index (χ4n) is 1.15. The van der Waals surface area contributed by atoms with Gasteiger partial charge >= 0.3 is 0 Å². The van der Waals surface area contributed by atoms with Crippen molar-refractivity contribution in [1.29, 1.82) is 0 Å². The summed E-state index contributed by atoms with van der Waals surface area (Å²) in [6.45, 7) is 4.57. The van der Waals surface area contributed by atoms with E-state index in [0.717, 1.165) is 5.69 Å². The lowest BCUT2D eigenvalue weighted by atomic mass is 10.0. The summed E-state index contributed by atoms with van der Waals surface area (Å²) in [6, 6.07) is 0. The number of hydrogen-bond acceptors (Lipinski definition) is 4. The van der Waals surface area contributed by atoms with E-state index in [4.69, 9.17) is 5.73 Å². The Balaban J connectivity index is 2.40. The van der Waals surface area contributed by atoms with Crippen molar-refractivity contribution in [1.82, 2.24) is 10.3 Å². The molecular weight excluding hydrogens is 198 g/mol. The van der Waals surface area contributed by atoms with E-state index in [9.17, 15) is 4.79 Å². The molecule has 0 aliphatic carbocycles. The number of amides is 1. The zero-order valence-corrected chi connectivity index (χ0v) is 9.23. The zero-order chi connectivity index (χ0) is 10.6. The van der Waals surface area contributed by atoms with Gasteiger partial charge in [-0.1, -0.05) is 0 Å². The molecule has 1 rings (SSSR count). The molecule has 1 aromatic rings. The molecule has 0 spiro atoms. The van der Waals surface area contributed by atoms with Crippen LogP contribution in [0.4, 0.5) is 0 Å². The molecule has 14 heavy (non-hydrogen) atoms. The molecule has 3 N–H and O–H groups in total. The highest BCUT2D eigenvalue weighted by atomic mass is 32.1. The number of nitrogens with two attached hydrogens (primary N) is 1. The van der Waals surface area contributed by atoms with E-state index >= 15 is 0 Å². The molecule has 1 aromatic heterocycles. The first-order valence-electron chi connectivity index (χ1n) is 4.40. The first kappa shape index (κ1) is 11.1. The molecule has 78 valence electrons. The third kappa shape index (κ3) is 3.85. The highest BCUT2D eigenvalue weighted by molar-refractivity contribution is 7.07. The normalized spacial score (nSPS) is 11.6. The van der Waals surface area contributed by atoms with Crippen molar-refractivity contribution in [3.8, 4) is 0 Å². The van der Waals surface area contributed by atoms with Crippen LogP contribution in [0.2, 0.25) is 0 Å². The predicted octanol–water partition coefficient (Wildman–Crippen LogP) is 0.887. The smallest absolute Gasteiger partial charge is 0.219 e. The van der Waals surface area contributed by atoms with E-state index in [1.54, 1.807) is 16.8 Å². The molecule has 1 amide bonds. The summed E-state index contributed by atoms with van der Waals surface area (Å²) < 4.78 is 0. The van der Waals surface area contributed by atoms with Gasteiger partial charge in [-0.05, 0) is 13.8 Å². The maximum absolute atomic E-state index is 10.7. The predicted molar refractivity (Wildman–Crippen MR) is 56.8 cm³/mol.